The lowest BCUT2D eigenvalue weighted by atomic mass is 10.2. The molecule has 3 heterocycles. The Morgan fingerprint density at radius 2 is 2.04 bits per heavy atom. The van der Waals surface area contributed by atoms with E-state index in [4.69, 9.17) is 0 Å². The average molecular weight is 377 g/mol. The molecule has 3 aromatic heterocycles. The summed E-state index contributed by atoms with van der Waals surface area (Å²) in [5.74, 6) is 0.453. The fraction of sp³-hybridized carbons (Fsp3) is 0.111. The molecule has 1 N–H and O–H groups in total. The van der Waals surface area contributed by atoms with Gasteiger partial charge in [-0.3, -0.25) is 9.78 Å². The quantitative estimate of drug-likeness (QED) is 0.587. The van der Waals surface area contributed by atoms with E-state index in [0.717, 1.165) is 16.4 Å². The minimum atomic E-state index is -0.210. The molecular weight excluding hydrogens is 362 g/mol. The zero-order valence-corrected chi connectivity index (χ0v) is 15.4. The van der Waals surface area contributed by atoms with Crippen molar-refractivity contribution in [1.29, 1.82) is 0 Å². The van der Waals surface area contributed by atoms with Gasteiger partial charge in [0, 0.05) is 11.9 Å². The molecular formula is C18H15N7OS. The number of tetrazole rings is 1. The van der Waals surface area contributed by atoms with E-state index in [1.165, 1.54) is 11.3 Å². The van der Waals surface area contributed by atoms with Crippen LogP contribution in [0.3, 0.4) is 0 Å². The van der Waals surface area contributed by atoms with E-state index in [2.05, 4.69) is 30.8 Å². The molecule has 0 radical (unpaired) electrons. The summed E-state index contributed by atoms with van der Waals surface area (Å²) in [5.41, 5.74) is 2.84. The van der Waals surface area contributed by atoms with Gasteiger partial charge in [-0.05, 0) is 54.6 Å². The maximum absolute atomic E-state index is 12.7. The number of benzene rings is 1. The number of nitrogens with one attached hydrogen (secondary N) is 1. The third-order valence-corrected chi connectivity index (χ3v) is 5.04. The van der Waals surface area contributed by atoms with Gasteiger partial charge in [-0.1, -0.05) is 12.1 Å². The Morgan fingerprint density at radius 3 is 2.78 bits per heavy atom. The molecule has 0 aliphatic carbocycles. The lowest BCUT2D eigenvalue weighted by molar-refractivity contribution is 0.103. The van der Waals surface area contributed by atoms with E-state index in [9.17, 15) is 4.79 Å². The highest BCUT2D eigenvalue weighted by molar-refractivity contribution is 7.17. The maximum atomic E-state index is 12.7. The summed E-state index contributed by atoms with van der Waals surface area (Å²) < 4.78 is 1.60. The first-order chi connectivity index (χ1) is 13.1. The number of amides is 1. The molecule has 0 unspecified atom stereocenters. The Morgan fingerprint density at radius 1 is 1.15 bits per heavy atom. The maximum Gasteiger partial charge on any atom is 0.267 e. The second-order valence-electron chi connectivity index (χ2n) is 5.79. The molecule has 9 heteroatoms. The van der Waals surface area contributed by atoms with Crippen LogP contribution < -0.4 is 5.32 Å². The van der Waals surface area contributed by atoms with Gasteiger partial charge >= 0.3 is 0 Å². The van der Waals surface area contributed by atoms with Crippen LogP contribution in [0.15, 0.2) is 48.7 Å². The van der Waals surface area contributed by atoms with E-state index >= 15 is 0 Å². The fourth-order valence-electron chi connectivity index (χ4n) is 2.58. The Balaban J connectivity index is 1.58. The van der Waals surface area contributed by atoms with Crippen LogP contribution in [-0.4, -0.2) is 36.1 Å². The average Bonchev–Trinajstić information content (AvgIpc) is 3.28. The summed E-state index contributed by atoms with van der Waals surface area (Å²) in [4.78, 5) is 22.1. The predicted molar refractivity (Wildman–Crippen MR) is 102 cm³/mol. The van der Waals surface area contributed by atoms with E-state index in [-0.39, 0.29) is 5.91 Å². The summed E-state index contributed by atoms with van der Waals surface area (Å²) in [6.07, 6.45) is 1.71. The molecule has 0 saturated carbocycles. The number of carbonyl (C=O) groups is 1. The van der Waals surface area contributed by atoms with Crippen LogP contribution >= 0.6 is 11.3 Å². The number of anilines is 1. The molecule has 4 rings (SSSR count). The molecule has 0 aliphatic rings. The van der Waals surface area contributed by atoms with E-state index in [1.807, 2.05) is 56.3 Å². The first kappa shape index (κ1) is 17.0. The summed E-state index contributed by atoms with van der Waals surface area (Å²) in [6, 6.07) is 13.0. The molecule has 1 amide bonds. The van der Waals surface area contributed by atoms with Gasteiger partial charge in [-0.2, -0.15) is 4.68 Å². The fourth-order valence-corrected chi connectivity index (χ4v) is 3.52. The zero-order valence-electron chi connectivity index (χ0n) is 14.6. The lowest BCUT2D eigenvalue weighted by Crippen LogP contribution is -2.12. The number of pyridine rings is 1. The molecule has 0 saturated heterocycles. The molecule has 27 heavy (non-hydrogen) atoms. The van der Waals surface area contributed by atoms with Crippen LogP contribution in [0.25, 0.3) is 16.4 Å². The molecule has 0 bridgehead atoms. The highest BCUT2D eigenvalue weighted by Gasteiger charge is 2.17. The number of aryl methyl sites for hydroxylation is 2. The Bertz CT molecular complexity index is 1100. The third kappa shape index (κ3) is 3.44. The number of carbonyl (C=O) groups excluding carboxylic acids is 1. The number of rotatable bonds is 4. The summed E-state index contributed by atoms with van der Waals surface area (Å²) >= 11 is 1.32. The van der Waals surface area contributed by atoms with Crippen molar-refractivity contribution < 1.29 is 4.79 Å². The number of nitrogens with zero attached hydrogens (tertiary/aromatic N) is 6. The van der Waals surface area contributed by atoms with Crippen molar-refractivity contribution in [1.82, 2.24) is 30.2 Å². The second kappa shape index (κ2) is 7.04. The topological polar surface area (TPSA) is 98.5 Å². The van der Waals surface area contributed by atoms with E-state index in [1.54, 1.807) is 10.9 Å². The molecule has 8 nitrogen and oxygen atoms in total. The number of thiazole rings is 1. The van der Waals surface area contributed by atoms with Crippen molar-refractivity contribution in [3.63, 3.8) is 0 Å². The SMILES string of the molecule is Cc1nc(-c2ccccn2)sc1C(=O)Nc1cccc(-n2nnnc2C)c1. The highest BCUT2D eigenvalue weighted by Crippen LogP contribution is 2.27. The van der Waals surface area contributed by atoms with Crippen LogP contribution in [0.5, 0.6) is 0 Å². The Kier molecular flexibility index (Phi) is 4.43. The molecule has 0 aliphatic heterocycles. The first-order valence-corrected chi connectivity index (χ1v) is 8.99. The van der Waals surface area contributed by atoms with Crippen molar-refractivity contribution in [2.24, 2.45) is 0 Å². The second-order valence-corrected chi connectivity index (χ2v) is 6.79. The largest absolute Gasteiger partial charge is 0.321 e. The van der Waals surface area contributed by atoms with Crippen molar-refractivity contribution in [2.45, 2.75) is 13.8 Å². The van der Waals surface area contributed by atoms with Crippen molar-refractivity contribution >= 4 is 22.9 Å². The highest BCUT2D eigenvalue weighted by atomic mass is 32.1. The van der Waals surface area contributed by atoms with Crippen molar-refractivity contribution in [2.75, 3.05) is 5.32 Å². The minimum absolute atomic E-state index is 0.210. The smallest absolute Gasteiger partial charge is 0.267 e. The monoisotopic (exact) mass is 377 g/mol. The Labute approximate surface area is 158 Å². The van der Waals surface area contributed by atoms with Gasteiger partial charge < -0.3 is 5.32 Å². The zero-order chi connectivity index (χ0) is 18.8. The molecule has 134 valence electrons. The Hall–Kier alpha value is -3.46. The molecule has 0 atom stereocenters. The van der Waals surface area contributed by atoms with Crippen LogP contribution in [0.2, 0.25) is 0 Å². The first-order valence-electron chi connectivity index (χ1n) is 8.17. The summed E-state index contributed by atoms with van der Waals surface area (Å²) in [7, 11) is 0. The van der Waals surface area contributed by atoms with Crippen LogP contribution in [0.1, 0.15) is 21.2 Å². The van der Waals surface area contributed by atoms with Gasteiger partial charge in [0.25, 0.3) is 5.91 Å². The van der Waals surface area contributed by atoms with Crippen molar-refractivity contribution in [3.8, 4) is 16.4 Å². The summed E-state index contributed by atoms with van der Waals surface area (Å²) in [6.45, 7) is 3.63. The molecule has 0 fully saturated rings. The number of hydrogen-bond donors (Lipinski definition) is 1. The molecule has 0 spiro atoms. The van der Waals surface area contributed by atoms with Gasteiger partial charge in [0.15, 0.2) is 5.82 Å². The lowest BCUT2D eigenvalue weighted by Gasteiger charge is -2.07. The van der Waals surface area contributed by atoms with Crippen LogP contribution in [0, 0.1) is 13.8 Å². The number of hydrogen-bond acceptors (Lipinski definition) is 7. The third-order valence-electron chi connectivity index (χ3n) is 3.86. The normalized spacial score (nSPS) is 10.7. The van der Waals surface area contributed by atoms with Gasteiger partial charge in [0.1, 0.15) is 9.88 Å². The van der Waals surface area contributed by atoms with Gasteiger partial charge in [-0.15, -0.1) is 16.4 Å². The van der Waals surface area contributed by atoms with Crippen LogP contribution in [0.4, 0.5) is 5.69 Å². The molecule has 1 aromatic carbocycles. The minimum Gasteiger partial charge on any atom is -0.321 e. The van der Waals surface area contributed by atoms with Gasteiger partial charge in [-0.25, -0.2) is 4.98 Å². The van der Waals surface area contributed by atoms with E-state index in [0.29, 0.717) is 22.1 Å². The predicted octanol–water partition coefficient (Wildman–Crippen LogP) is 3.05. The standard InChI is InChI=1S/C18H15N7OS/c1-11-16(27-18(20-11)15-8-3-4-9-19-15)17(26)21-13-6-5-7-14(10-13)25-12(2)22-23-24-25/h3-10H,1-2H3,(H,21,26). The van der Waals surface area contributed by atoms with Gasteiger partial charge in [0.05, 0.1) is 17.1 Å². The molecule has 4 aromatic rings. The van der Waals surface area contributed by atoms with Crippen LogP contribution in [-0.2, 0) is 0 Å². The number of aromatic nitrogens is 6. The van der Waals surface area contributed by atoms with Crippen molar-refractivity contribution in [3.05, 3.63) is 65.1 Å². The van der Waals surface area contributed by atoms with Gasteiger partial charge in [0.2, 0.25) is 0 Å². The summed E-state index contributed by atoms with van der Waals surface area (Å²) in [5, 5.41) is 15.1. The van der Waals surface area contributed by atoms with E-state index < -0.39 is 0 Å².